The van der Waals surface area contributed by atoms with E-state index in [0.717, 1.165) is 33.0 Å². The van der Waals surface area contributed by atoms with Crippen LogP contribution in [-0.2, 0) is 16.6 Å². The van der Waals surface area contributed by atoms with Crippen LogP contribution in [-0.4, -0.2) is 51.7 Å². The van der Waals surface area contributed by atoms with E-state index in [0.29, 0.717) is 0 Å². The fourth-order valence-corrected chi connectivity index (χ4v) is 3.98. The van der Waals surface area contributed by atoms with Crippen molar-refractivity contribution in [2.24, 2.45) is 7.05 Å². The maximum atomic E-state index is 13.5. The molecule has 1 heterocycles. The van der Waals surface area contributed by atoms with Crippen molar-refractivity contribution >= 4 is 23.8 Å². The van der Waals surface area contributed by atoms with Crippen molar-refractivity contribution in [3.8, 4) is 11.1 Å². The number of carbonyl (C=O) groups excluding carboxylic acids is 2. The molecule has 2 aromatic carbocycles. The summed E-state index contributed by atoms with van der Waals surface area (Å²) >= 11 is 0. The average Bonchev–Trinajstić information content (AvgIpc) is 3.32. The second kappa shape index (κ2) is 9.12. The predicted octanol–water partition coefficient (Wildman–Crippen LogP) is 3.53. The molecule has 35 heavy (non-hydrogen) atoms. The number of nitrogens with one attached hydrogen (secondary N) is 2. The van der Waals surface area contributed by atoms with Gasteiger partial charge in [0.25, 0.3) is 5.91 Å². The molecule has 182 valence electrons. The van der Waals surface area contributed by atoms with Gasteiger partial charge in [0.1, 0.15) is 12.3 Å². The molecular weight excluding hydrogens is 469 g/mol. The third-order valence-corrected chi connectivity index (χ3v) is 5.55. The molecule has 4 rings (SSSR count). The van der Waals surface area contributed by atoms with Gasteiger partial charge in [0, 0.05) is 19.0 Å². The summed E-state index contributed by atoms with van der Waals surface area (Å²) in [6.45, 7) is -0.242. The summed E-state index contributed by atoms with van der Waals surface area (Å²) in [5.74, 6) is -3.83. The number of alkyl carbamates (subject to hydrolysis) is 1. The van der Waals surface area contributed by atoms with Crippen molar-refractivity contribution in [1.29, 1.82) is 0 Å². The normalized spacial score (nSPS) is 13.5. The zero-order valence-electron chi connectivity index (χ0n) is 18.2. The number of amides is 2. The zero-order valence-corrected chi connectivity index (χ0v) is 18.2. The number of aromatic carboxylic acids is 1. The number of alkyl halides is 3. The van der Waals surface area contributed by atoms with Crippen molar-refractivity contribution in [2.45, 2.75) is 18.1 Å². The molecule has 2 amide bonds. The van der Waals surface area contributed by atoms with Gasteiger partial charge >= 0.3 is 18.2 Å². The Morgan fingerprint density at radius 3 is 2.17 bits per heavy atom. The maximum Gasteiger partial charge on any atom is 0.417 e. The van der Waals surface area contributed by atoms with Crippen molar-refractivity contribution in [3.63, 3.8) is 0 Å². The van der Waals surface area contributed by atoms with E-state index in [9.17, 15) is 27.6 Å². The molecule has 0 bridgehead atoms. The molecule has 1 unspecified atom stereocenters. The summed E-state index contributed by atoms with van der Waals surface area (Å²) in [7, 11) is 1.25. The molecule has 1 aromatic heterocycles. The number of fused-ring (bicyclic) bond motifs is 3. The molecule has 0 fully saturated rings. The van der Waals surface area contributed by atoms with Crippen LogP contribution in [0.5, 0.6) is 0 Å². The fourth-order valence-electron chi connectivity index (χ4n) is 3.98. The largest absolute Gasteiger partial charge is 0.477 e. The SMILES string of the molecule is Cn1nc(NC(=O)C(NC(=O)OCC2c3ccccc3-c3ccccc32)C(F)(F)F)cc1C(=O)O. The van der Waals surface area contributed by atoms with E-state index in [2.05, 4.69) is 5.10 Å². The fraction of sp³-hybridized carbons (Fsp3) is 0.217. The Bertz CT molecular complexity index is 1260. The topological polar surface area (TPSA) is 123 Å². The van der Waals surface area contributed by atoms with Gasteiger partial charge < -0.3 is 20.5 Å². The van der Waals surface area contributed by atoms with E-state index in [1.54, 1.807) is 5.32 Å². The van der Waals surface area contributed by atoms with Gasteiger partial charge in [-0.25, -0.2) is 9.59 Å². The van der Waals surface area contributed by atoms with Crippen LogP contribution >= 0.6 is 0 Å². The number of ether oxygens (including phenoxy) is 1. The molecule has 9 nitrogen and oxygen atoms in total. The molecule has 0 aliphatic heterocycles. The first-order chi connectivity index (χ1) is 16.6. The first-order valence-electron chi connectivity index (χ1n) is 10.3. The van der Waals surface area contributed by atoms with Crippen molar-refractivity contribution in [3.05, 3.63) is 71.4 Å². The highest BCUT2D eigenvalue weighted by Gasteiger charge is 2.47. The van der Waals surface area contributed by atoms with E-state index in [1.807, 2.05) is 53.8 Å². The molecule has 3 N–H and O–H groups in total. The van der Waals surface area contributed by atoms with Crippen LogP contribution < -0.4 is 10.6 Å². The summed E-state index contributed by atoms with van der Waals surface area (Å²) in [5, 5.41) is 16.1. The predicted molar refractivity (Wildman–Crippen MR) is 117 cm³/mol. The van der Waals surface area contributed by atoms with Gasteiger partial charge in [-0.05, 0) is 22.3 Å². The Labute approximate surface area is 196 Å². The second-order valence-corrected chi connectivity index (χ2v) is 7.78. The van der Waals surface area contributed by atoms with E-state index in [1.165, 1.54) is 7.05 Å². The minimum absolute atomic E-state index is 0.242. The zero-order chi connectivity index (χ0) is 25.3. The first kappa shape index (κ1) is 23.8. The van der Waals surface area contributed by atoms with Crippen LogP contribution in [0.25, 0.3) is 11.1 Å². The molecule has 0 saturated carbocycles. The van der Waals surface area contributed by atoms with E-state index in [-0.39, 0.29) is 18.2 Å². The van der Waals surface area contributed by atoms with Crippen LogP contribution in [0.3, 0.4) is 0 Å². The van der Waals surface area contributed by atoms with Gasteiger partial charge in [-0.15, -0.1) is 0 Å². The Morgan fingerprint density at radius 2 is 1.66 bits per heavy atom. The smallest absolute Gasteiger partial charge is 0.417 e. The number of aryl methyl sites for hydroxylation is 1. The second-order valence-electron chi connectivity index (χ2n) is 7.78. The minimum Gasteiger partial charge on any atom is -0.477 e. The molecule has 1 aliphatic carbocycles. The monoisotopic (exact) mass is 488 g/mol. The Hall–Kier alpha value is -4.35. The number of rotatable bonds is 6. The highest BCUT2D eigenvalue weighted by atomic mass is 19.4. The standard InChI is InChI=1S/C23H19F3N4O5/c1-30-17(21(32)33)10-18(29-30)27-20(31)19(23(24,25)26)28-22(34)35-11-16-14-8-4-2-6-12(14)13-7-3-5-9-15(13)16/h2-10,16,19H,11H2,1H3,(H,28,34)(H,32,33)(H,27,29,31). The van der Waals surface area contributed by atoms with Crippen LogP contribution in [0.1, 0.15) is 27.5 Å². The summed E-state index contributed by atoms with van der Waals surface area (Å²) in [4.78, 5) is 35.6. The number of carboxylic acid groups (broad SMARTS) is 1. The third kappa shape index (κ3) is 4.81. The quantitative estimate of drug-likeness (QED) is 0.488. The van der Waals surface area contributed by atoms with E-state index in [4.69, 9.17) is 9.84 Å². The lowest BCUT2D eigenvalue weighted by Crippen LogP contribution is -2.53. The van der Waals surface area contributed by atoms with Crippen LogP contribution in [0.2, 0.25) is 0 Å². The molecule has 0 saturated heterocycles. The van der Waals surface area contributed by atoms with Gasteiger partial charge in [0.15, 0.2) is 5.82 Å². The Morgan fingerprint density at radius 1 is 1.09 bits per heavy atom. The highest BCUT2D eigenvalue weighted by molar-refractivity contribution is 5.97. The minimum atomic E-state index is -5.15. The number of aromatic nitrogens is 2. The van der Waals surface area contributed by atoms with Crippen LogP contribution in [0, 0.1) is 0 Å². The first-order valence-corrected chi connectivity index (χ1v) is 10.3. The van der Waals surface area contributed by atoms with E-state index < -0.39 is 36.0 Å². The number of nitrogens with zero attached hydrogens (tertiary/aromatic N) is 2. The number of carboxylic acids is 1. The van der Waals surface area contributed by atoms with E-state index >= 15 is 0 Å². The molecule has 1 atom stereocenters. The maximum absolute atomic E-state index is 13.5. The number of hydrogen-bond donors (Lipinski definition) is 3. The number of benzene rings is 2. The molecule has 0 radical (unpaired) electrons. The lowest BCUT2D eigenvalue weighted by Gasteiger charge is -2.21. The van der Waals surface area contributed by atoms with Gasteiger partial charge in [0.05, 0.1) is 0 Å². The lowest BCUT2D eigenvalue weighted by atomic mass is 9.98. The number of hydrogen-bond acceptors (Lipinski definition) is 5. The van der Waals surface area contributed by atoms with Gasteiger partial charge in [-0.3, -0.25) is 9.48 Å². The number of halogens is 3. The summed E-state index contributed by atoms with van der Waals surface area (Å²) < 4.78 is 46.6. The third-order valence-electron chi connectivity index (χ3n) is 5.55. The molecule has 12 heteroatoms. The van der Waals surface area contributed by atoms with Crippen molar-refractivity contribution in [2.75, 3.05) is 11.9 Å². The van der Waals surface area contributed by atoms with Gasteiger partial charge in [0.2, 0.25) is 6.04 Å². The van der Waals surface area contributed by atoms with Crippen LogP contribution in [0.15, 0.2) is 54.6 Å². The Balaban J connectivity index is 1.45. The summed E-state index contributed by atoms with van der Waals surface area (Å²) in [6, 6.07) is 12.8. The molecule has 0 spiro atoms. The number of anilines is 1. The number of carbonyl (C=O) groups is 3. The lowest BCUT2D eigenvalue weighted by molar-refractivity contribution is -0.164. The molecule has 3 aromatic rings. The van der Waals surface area contributed by atoms with Gasteiger partial charge in [-0.1, -0.05) is 48.5 Å². The summed E-state index contributed by atoms with van der Waals surface area (Å²) in [5.41, 5.74) is 3.28. The van der Waals surface area contributed by atoms with Gasteiger partial charge in [-0.2, -0.15) is 18.3 Å². The Kier molecular flexibility index (Phi) is 6.20. The molecular formula is C23H19F3N4O5. The van der Waals surface area contributed by atoms with Crippen molar-refractivity contribution in [1.82, 2.24) is 15.1 Å². The average molecular weight is 488 g/mol. The van der Waals surface area contributed by atoms with Crippen molar-refractivity contribution < 1.29 is 37.4 Å². The van der Waals surface area contributed by atoms with Crippen LogP contribution in [0.4, 0.5) is 23.8 Å². The summed E-state index contributed by atoms with van der Waals surface area (Å²) in [6.07, 6.45) is -6.59. The molecule has 1 aliphatic rings. The highest BCUT2D eigenvalue weighted by Crippen LogP contribution is 2.44.